The van der Waals surface area contributed by atoms with Crippen LogP contribution in [-0.2, 0) is 4.79 Å². The number of nitrogens with one attached hydrogen (secondary N) is 1. The van der Waals surface area contributed by atoms with Crippen LogP contribution in [0.5, 0.6) is 5.75 Å². The Morgan fingerprint density at radius 3 is 2.88 bits per heavy atom. The molecular weight excluding hydrogens is 204 g/mol. The number of nitrogens with zero attached hydrogens (tertiary/aromatic N) is 1. The van der Waals surface area contributed by atoms with Crippen LogP contribution in [-0.4, -0.2) is 20.1 Å². The Kier molecular flexibility index (Phi) is 4.10. The molecule has 16 heavy (non-hydrogen) atoms. The van der Waals surface area contributed by atoms with Crippen LogP contribution in [0.3, 0.4) is 0 Å². The van der Waals surface area contributed by atoms with E-state index in [4.69, 9.17) is 10.00 Å². The molecule has 0 saturated carbocycles. The van der Waals surface area contributed by atoms with Crippen molar-refractivity contribution in [2.45, 2.75) is 0 Å². The SMILES string of the molecule is CNC(=O)/C(C#N)=C\c1cccc(OC)c1. The van der Waals surface area contributed by atoms with Gasteiger partial charge in [-0.3, -0.25) is 4.79 Å². The summed E-state index contributed by atoms with van der Waals surface area (Å²) in [5.74, 6) is 0.285. The number of ether oxygens (including phenoxy) is 1. The fourth-order valence-electron chi connectivity index (χ4n) is 1.18. The van der Waals surface area contributed by atoms with Crippen LogP contribution in [0.25, 0.3) is 6.08 Å². The average molecular weight is 216 g/mol. The summed E-state index contributed by atoms with van der Waals surface area (Å²) in [6.45, 7) is 0. The number of methoxy groups -OCH3 is 1. The third kappa shape index (κ3) is 2.85. The van der Waals surface area contributed by atoms with Crippen molar-refractivity contribution in [2.75, 3.05) is 14.2 Å². The first-order valence-corrected chi connectivity index (χ1v) is 4.69. The van der Waals surface area contributed by atoms with Crippen LogP contribution in [0.4, 0.5) is 0 Å². The number of hydrogen-bond acceptors (Lipinski definition) is 3. The van der Waals surface area contributed by atoms with E-state index in [1.54, 1.807) is 31.4 Å². The van der Waals surface area contributed by atoms with Gasteiger partial charge in [0.1, 0.15) is 17.4 Å². The Hall–Kier alpha value is -2.28. The van der Waals surface area contributed by atoms with Gasteiger partial charge >= 0.3 is 0 Å². The summed E-state index contributed by atoms with van der Waals surface area (Å²) in [4.78, 5) is 11.3. The Bertz CT molecular complexity index is 458. The molecule has 4 nitrogen and oxygen atoms in total. The van der Waals surface area contributed by atoms with Crippen molar-refractivity contribution in [3.05, 3.63) is 35.4 Å². The molecule has 82 valence electrons. The molecule has 0 heterocycles. The predicted octanol–water partition coefficient (Wildman–Crippen LogP) is 1.35. The van der Waals surface area contributed by atoms with Gasteiger partial charge in [0, 0.05) is 7.05 Å². The summed E-state index contributed by atoms with van der Waals surface area (Å²) < 4.78 is 5.04. The third-order valence-electron chi connectivity index (χ3n) is 2.00. The molecule has 0 aliphatic rings. The van der Waals surface area contributed by atoms with Gasteiger partial charge in [-0.05, 0) is 23.8 Å². The first-order valence-electron chi connectivity index (χ1n) is 4.69. The second-order valence-corrected chi connectivity index (χ2v) is 3.03. The van der Waals surface area contributed by atoms with Crippen LogP contribution in [0, 0.1) is 11.3 Å². The number of rotatable bonds is 3. The summed E-state index contributed by atoms with van der Waals surface area (Å²) >= 11 is 0. The quantitative estimate of drug-likeness (QED) is 0.612. The van der Waals surface area contributed by atoms with Gasteiger partial charge in [0.2, 0.25) is 0 Å². The molecular formula is C12H12N2O2. The maximum atomic E-state index is 11.3. The highest BCUT2D eigenvalue weighted by Gasteiger charge is 2.05. The van der Waals surface area contributed by atoms with Crippen molar-refractivity contribution in [3.63, 3.8) is 0 Å². The largest absolute Gasteiger partial charge is 0.497 e. The number of carbonyl (C=O) groups is 1. The third-order valence-corrected chi connectivity index (χ3v) is 2.00. The molecule has 0 unspecified atom stereocenters. The van der Waals surface area contributed by atoms with Crippen LogP contribution in [0.1, 0.15) is 5.56 Å². The van der Waals surface area contributed by atoms with Gasteiger partial charge in [-0.1, -0.05) is 12.1 Å². The molecule has 0 saturated heterocycles. The monoisotopic (exact) mass is 216 g/mol. The van der Waals surface area contributed by atoms with Gasteiger partial charge in [-0.2, -0.15) is 5.26 Å². The molecule has 0 aliphatic heterocycles. The van der Waals surface area contributed by atoms with E-state index in [0.717, 1.165) is 5.56 Å². The van der Waals surface area contributed by atoms with Crippen molar-refractivity contribution < 1.29 is 9.53 Å². The van der Waals surface area contributed by atoms with Gasteiger partial charge in [0.25, 0.3) is 5.91 Å². The van der Waals surface area contributed by atoms with Crippen molar-refractivity contribution >= 4 is 12.0 Å². The molecule has 0 aliphatic carbocycles. The fourth-order valence-corrected chi connectivity index (χ4v) is 1.18. The molecule has 0 atom stereocenters. The normalized spacial score (nSPS) is 10.4. The van der Waals surface area contributed by atoms with E-state index in [1.807, 2.05) is 6.07 Å². The van der Waals surface area contributed by atoms with E-state index in [-0.39, 0.29) is 5.57 Å². The highest BCUT2D eigenvalue weighted by atomic mass is 16.5. The van der Waals surface area contributed by atoms with Crippen LogP contribution in [0.15, 0.2) is 29.8 Å². The molecule has 0 spiro atoms. The van der Waals surface area contributed by atoms with E-state index in [9.17, 15) is 4.79 Å². The Morgan fingerprint density at radius 1 is 1.56 bits per heavy atom. The minimum atomic E-state index is -0.398. The molecule has 1 amide bonds. The standard InChI is InChI=1S/C12H12N2O2/c1-14-12(15)10(8-13)6-9-4-3-5-11(7-9)16-2/h3-7H,1-2H3,(H,14,15)/b10-6-. The van der Waals surface area contributed by atoms with Gasteiger partial charge in [0.15, 0.2) is 0 Å². The van der Waals surface area contributed by atoms with E-state index in [2.05, 4.69) is 5.32 Å². The lowest BCUT2D eigenvalue weighted by Crippen LogP contribution is -2.19. The fraction of sp³-hybridized carbons (Fsp3) is 0.167. The summed E-state index contributed by atoms with van der Waals surface area (Å²) in [7, 11) is 3.05. The number of nitriles is 1. The Balaban J connectivity index is 3.05. The maximum Gasteiger partial charge on any atom is 0.261 e. The summed E-state index contributed by atoms with van der Waals surface area (Å²) in [5.41, 5.74) is 0.815. The van der Waals surface area contributed by atoms with Gasteiger partial charge in [0.05, 0.1) is 7.11 Å². The van der Waals surface area contributed by atoms with Crippen molar-refractivity contribution in [1.82, 2.24) is 5.32 Å². The van der Waals surface area contributed by atoms with Crippen LogP contribution in [0.2, 0.25) is 0 Å². The number of hydrogen-bond donors (Lipinski definition) is 1. The molecule has 0 aromatic heterocycles. The Labute approximate surface area is 94.1 Å². The lowest BCUT2D eigenvalue weighted by molar-refractivity contribution is -0.116. The molecule has 0 radical (unpaired) electrons. The predicted molar refractivity (Wildman–Crippen MR) is 60.7 cm³/mol. The van der Waals surface area contributed by atoms with E-state index in [0.29, 0.717) is 5.75 Å². The molecule has 0 fully saturated rings. The van der Waals surface area contributed by atoms with Gasteiger partial charge in [-0.25, -0.2) is 0 Å². The lowest BCUT2D eigenvalue weighted by atomic mass is 10.1. The summed E-state index contributed by atoms with van der Waals surface area (Å²) in [5, 5.41) is 11.2. The molecule has 1 N–H and O–H groups in total. The lowest BCUT2D eigenvalue weighted by Gasteiger charge is -2.01. The van der Waals surface area contributed by atoms with Gasteiger partial charge in [-0.15, -0.1) is 0 Å². The van der Waals surface area contributed by atoms with Crippen LogP contribution < -0.4 is 10.1 Å². The molecule has 1 aromatic rings. The Morgan fingerprint density at radius 2 is 2.31 bits per heavy atom. The zero-order chi connectivity index (χ0) is 12.0. The maximum absolute atomic E-state index is 11.3. The number of amides is 1. The highest BCUT2D eigenvalue weighted by Crippen LogP contribution is 2.15. The zero-order valence-electron chi connectivity index (χ0n) is 9.15. The van der Waals surface area contributed by atoms with Crippen LogP contribution >= 0.6 is 0 Å². The minimum absolute atomic E-state index is 0.0655. The minimum Gasteiger partial charge on any atom is -0.497 e. The van der Waals surface area contributed by atoms with E-state index < -0.39 is 5.91 Å². The summed E-state index contributed by atoms with van der Waals surface area (Å²) in [6, 6.07) is 8.98. The smallest absolute Gasteiger partial charge is 0.261 e. The first kappa shape index (κ1) is 11.8. The van der Waals surface area contributed by atoms with Crippen molar-refractivity contribution in [1.29, 1.82) is 5.26 Å². The molecule has 1 aromatic carbocycles. The molecule has 0 bridgehead atoms. The highest BCUT2D eigenvalue weighted by molar-refractivity contribution is 6.01. The summed E-state index contributed by atoms with van der Waals surface area (Å²) in [6.07, 6.45) is 1.52. The second kappa shape index (κ2) is 5.56. The molecule has 1 rings (SSSR count). The molecule has 4 heteroatoms. The zero-order valence-corrected chi connectivity index (χ0v) is 9.15. The second-order valence-electron chi connectivity index (χ2n) is 3.03. The van der Waals surface area contributed by atoms with E-state index >= 15 is 0 Å². The topological polar surface area (TPSA) is 62.1 Å². The average Bonchev–Trinajstić information content (AvgIpc) is 2.35. The van der Waals surface area contributed by atoms with Gasteiger partial charge < -0.3 is 10.1 Å². The van der Waals surface area contributed by atoms with E-state index in [1.165, 1.54) is 13.1 Å². The first-order chi connectivity index (χ1) is 7.71. The number of likely N-dealkylation sites (N-methyl/N-ethyl adjacent to an activating group) is 1. The number of benzene rings is 1. The van der Waals surface area contributed by atoms with Crippen molar-refractivity contribution in [3.8, 4) is 11.8 Å². The number of carbonyl (C=O) groups excluding carboxylic acids is 1. The van der Waals surface area contributed by atoms with Crippen molar-refractivity contribution in [2.24, 2.45) is 0 Å².